The molecule has 124 valence electrons. The standard InChI is InChI=1S/C14H31N3O3Si/c1-21(2,3)11-10-20-14(19)12(6-4-5-8-15)17-13(18)7-9-16/h12H,4-11,15-16H2,1-3H3,(H,17,18). The summed E-state index contributed by atoms with van der Waals surface area (Å²) in [7, 11) is -1.23. The van der Waals surface area contributed by atoms with E-state index in [-0.39, 0.29) is 24.8 Å². The van der Waals surface area contributed by atoms with E-state index in [0.717, 1.165) is 18.9 Å². The highest BCUT2D eigenvalue weighted by molar-refractivity contribution is 6.76. The van der Waals surface area contributed by atoms with Crippen LogP contribution in [0.3, 0.4) is 0 Å². The van der Waals surface area contributed by atoms with Crippen LogP contribution in [0, 0.1) is 0 Å². The minimum atomic E-state index is -1.23. The highest BCUT2D eigenvalue weighted by Crippen LogP contribution is 2.09. The van der Waals surface area contributed by atoms with Crippen LogP contribution in [0.5, 0.6) is 0 Å². The van der Waals surface area contributed by atoms with Crippen molar-refractivity contribution in [1.82, 2.24) is 5.32 Å². The third-order valence-electron chi connectivity index (χ3n) is 3.03. The molecule has 0 saturated carbocycles. The van der Waals surface area contributed by atoms with Gasteiger partial charge in [-0.1, -0.05) is 19.6 Å². The fraction of sp³-hybridized carbons (Fsp3) is 0.857. The highest BCUT2D eigenvalue weighted by atomic mass is 28.3. The summed E-state index contributed by atoms with van der Waals surface area (Å²) in [5.74, 6) is -0.562. The molecule has 0 spiro atoms. The molecule has 7 heteroatoms. The first-order chi connectivity index (χ1) is 9.80. The van der Waals surface area contributed by atoms with Gasteiger partial charge in [0.15, 0.2) is 0 Å². The average molecular weight is 318 g/mol. The molecular weight excluding hydrogens is 286 g/mol. The molecule has 0 aliphatic carbocycles. The fourth-order valence-electron chi connectivity index (χ4n) is 1.70. The minimum Gasteiger partial charge on any atom is -0.464 e. The maximum absolute atomic E-state index is 12.1. The summed E-state index contributed by atoms with van der Waals surface area (Å²) in [6.45, 7) is 7.95. The molecule has 0 aromatic carbocycles. The summed E-state index contributed by atoms with van der Waals surface area (Å²) >= 11 is 0. The van der Waals surface area contributed by atoms with Crippen LogP contribution >= 0.6 is 0 Å². The van der Waals surface area contributed by atoms with Crippen molar-refractivity contribution in [3.8, 4) is 0 Å². The number of hydrogen-bond acceptors (Lipinski definition) is 5. The minimum absolute atomic E-state index is 0.211. The molecule has 0 rings (SSSR count). The quantitative estimate of drug-likeness (QED) is 0.297. The molecule has 0 radical (unpaired) electrons. The monoisotopic (exact) mass is 317 g/mol. The van der Waals surface area contributed by atoms with Gasteiger partial charge in [-0.25, -0.2) is 4.79 Å². The summed E-state index contributed by atoms with van der Waals surface area (Å²) in [6, 6.07) is 0.336. The summed E-state index contributed by atoms with van der Waals surface area (Å²) in [5.41, 5.74) is 10.8. The van der Waals surface area contributed by atoms with Crippen LogP contribution in [0.2, 0.25) is 25.7 Å². The average Bonchev–Trinajstić information content (AvgIpc) is 2.36. The third kappa shape index (κ3) is 11.4. The van der Waals surface area contributed by atoms with E-state index < -0.39 is 14.1 Å². The Labute approximate surface area is 129 Å². The molecule has 1 unspecified atom stereocenters. The van der Waals surface area contributed by atoms with Gasteiger partial charge in [0, 0.05) is 21.0 Å². The van der Waals surface area contributed by atoms with Gasteiger partial charge in [-0.2, -0.15) is 0 Å². The lowest BCUT2D eigenvalue weighted by Gasteiger charge is -2.20. The lowest BCUT2D eigenvalue weighted by atomic mass is 10.1. The van der Waals surface area contributed by atoms with Crippen molar-refractivity contribution >= 4 is 20.0 Å². The maximum Gasteiger partial charge on any atom is 0.328 e. The van der Waals surface area contributed by atoms with E-state index in [1.54, 1.807) is 0 Å². The summed E-state index contributed by atoms with van der Waals surface area (Å²) < 4.78 is 5.31. The molecule has 0 aromatic rings. The van der Waals surface area contributed by atoms with Crippen LogP contribution in [0.1, 0.15) is 25.7 Å². The van der Waals surface area contributed by atoms with Crippen molar-refractivity contribution in [3.05, 3.63) is 0 Å². The molecule has 0 saturated heterocycles. The number of amides is 1. The lowest BCUT2D eigenvalue weighted by molar-refractivity contribution is -0.147. The second-order valence-electron chi connectivity index (χ2n) is 6.42. The van der Waals surface area contributed by atoms with E-state index in [9.17, 15) is 9.59 Å². The Hall–Kier alpha value is -0.923. The smallest absolute Gasteiger partial charge is 0.328 e. The van der Waals surface area contributed by atoms with E-state index in [4.69, 9.17) is 16.2 Å². The highest BCUT2D eigenvalue weighted by Gasteiger charge is 2.22. The number of unbranched alkanes of at least 4 members (excludes halogenated alkanes) is 1. The van der Waals surface area contributed by atoms with E-state index in [1.807, 2.05) is 0 Å². The molecule has 6 nitrogen and oxygen atoms in total. The predicted octanol–water partition coefficient (Wildman–Crippen LogP) is 0.830. The van der Waals surface area contributed by atoms with Crippen molar-refractivity contribution in [2.75, 3.05) is 19.7 Å². The first-order valence-electron chi connectivity index (χ1n) is 7.66. The molecule has 1 amide bonds. The van der Waals surface area contributed by atoms with Crippen LogP contribution in [0.15, 0.2) is 0 Å². The van der Waals surface area contributed by atoms with Gasteiger partial charge in [0.1, 0.15) is 6.04 Å². The zero-order valence-corrected chi connectivity index (χ0v) is 14.6. The van der Waals surface area contributed by atoms with Gasteiger partial charge in [0.05, 0.1) is 6.61 Å². The Morgan fingerprint density at radius 2 is 1.81 bits per heavy atom. The zero-order chi connectivity index (χ0) is 16.3. The van der Waals surface area contributed by atoms with Gasteiger partial charge in [-0.15, -0.1) is 0 Å². The van der Waals surface area contributed by atoms with Crippen LogP contribution in [-0.2, 0) is 14.3 Å². The van der Waals surface area contributed by atoms with Crippen LogP contribution in [0.25, 0.3) is 0 Å². The Balaban J connectivity index is 4.33. The Morgan fingerprint density at radius 1 is 1.14 bits per heavy atom. The Kier molecular flexibility index (Phi) is 10.3. The first kappa shape index (κ1) is 20.1. The fourth-order valence-corrected chi connectivity index (χ4v) is 2.41. The van der Waals surface area contributed by atoms with Crippen molar-refractivity contribution in [2.24, 2.45) is 11.5 Å². The molecule has 0 fully saturated rings. The van der Waals surface area contributed by atoms with Gasteiger partial charge in [-0.3, -0.25) is 4.79 Å². The molecular formula is C14H31N3O3Si. The van der Waals surface area contributed by atoms with E-state index in [1.165, 1.54) is 0 Å². The number of esters is 1. The van der Waals surface area contributed by atoms with Crippen molar-refractivity contribution in [2.45, 2.75) is 57.4 Å². The Bertz CT molecular complexity index is 319. The number of hydrogen-bond donors (Lipinski definition) is 3. The van der Waals surface area contributed by atoms with Crippen LogP contribution in [0.4, 0.5) is 0 Å². The number of carbonyl (C=O) groups is 2. The molecule has 0 bridgehead atoms. The molecule has 5 N–H and O–H groups in total. The molecule has 0 aromatic heterocycles. The molecule has 21 heavy (non-hydrogen) atoms. The molecule has 1 atom stereocenters. The molecule has 0 heterocycles. The van der Waals surface area contributed by atoms with Gasteiger partial charge >= 0.3 is 5.97 Å². The van der Waals surface area contributed by atoms with Crippen molar-refractivity contribution < 1.29 is 14.3 Å². The van der Waals surface area contributed by atoms with Gasteiger partial charge < -0.3 is 21.5 Å². The Morgan fingerprint density at radius 3 is 2.33 bits per heavy atom. The summed E-state index contributed by atoms with van der Waals surface area (Å²) in [4.78, 5) is 23.7. The van der Waals surface area contributed by atoms with Gasteiger partial charge in [0.25, 0.3) is 0 Å². The predicted molar refractivity (Wildman–Crippen MR) is 87.6 cm³/mol. The second kappa shape index (κ2) is 10.8. The summed E-state index contributed by atoms with van der Waals surface area (Å²) in [5, 5.41) is 2.70. The largest absolute Gasteiger partial charge is 0.464 e. The number of rotatable bonds is 11. The van der Waals surface area contributed by atoms with E-state index in [2.05, 4.69) is 25.0 Å². The normalized spacial score (nSPS) is 12.8. The zero-order valence-electron chi connectivity index (χ0n) is 13.6. The lowest BCUT2D eigenvalue weighted by Crippen LogP contribution is -2.42. The van der Waals surface area contributed by atoms with Crippen molar-refractivity contribution in [3.63, 3.8) is 0 Å². The molecule has 0 aliphatic rings. The first-order valence-corrected chi connectivity index (χ1v) is 11.4. The van der Waals surface area contributed by atoms with Crippen LogP contribution in [-0.4, -0.2) is 45.7 Å². The number of ether oxygens (including phenoxy) is 1. The van der Waals surface area contributed by atoms with Crippen LogP contribution < -0.4 is 16.8 Å². The SMILES string of the molecule is C[Si](C)(C)CCOC(=O)C(CCCCN)NC(=O)CCN. The third-order valence-corrected chi connectivity index (χ3v) is 4.74. The van der Waals surface area contributed by atoms with Gasteiger partial charge in [0.2, 0.25) is 5.91 Å². The second-order valence-corrected chi connectivity index (χ2v) is 12.0. The number of nitrogens with two attached hydrogens (primary N) is 2. The van der Waals surface area contributed by atoms with E-state index in [0.29, 0.717) is 19.6 Å². The van der Waals surface area contributed by atoms with Crippen molar-refractivity contribution in [1.29, 1.82) is 0 Å². The molecule has 0 aliphatic heterocycles. The van der Waals surface area contributed by atoms with Gasteiger partial charge in [-0.05, 0) is 31.9 Å². The summed E-state index contributed by atoms with van der Waals surface area (Å²) in [6.07, 6.45) is 2.38. The number of carbonyl (C=O) groups excluding carboxylic acids is 2. The van der Waals surface area contributed by atoms with E-state index >= 15 is 0 Å². The maximum atomic E-state index is 12.1. The topological polar surface area (TPSA) is 107 Å². The number of nitrogens with one attached hydrogen (secondary N) is 1.